The molecule has 0 saturated carbocycles. The smallest absolute Gasteiger partial charge is 0.266 e. The first-order valence-corrected chi connectivity index (χ1v) is 11.3. The number of alkyl halides is 2. The number of carbonyl (C=O) groups excluding carboxylic acids is 1. The van der Waals surface area contributed by atoms with Gasteiger partial charge in [-0.05, 0) is 26.3 Å². The minimum absolute atomic E-state index is 0.138. The molecule has 4 heterocycles. The Morgan fingerprint density at radius 2 is 1.97 bits per heavy atom. The topological polar surface area (TPSA) is 74.2 Å². The molecule has 5 rings (SSSR count). The van der Waals surface area contributed by atoms with Crippen molar-refractivity contribution < 1.29 is 18.0 Å². The van der Waals surface area contributed by atoms with Crippen molar-refractivity contribution in [1.82, 2.24) is 19.9 Å². The lowest BCUT2D eigenvalue weighted by atomic mass is 10.0. The maximum atomic E-state index is 14.7. The van der Waals surface area contributed by atoms with E-state index < -0.39 is 23.8 Å². The van der Waals surface area contributed by atoms with E-state index in [-0.39, 0.29) is 17.5 Å². The molecule has 2 aromatic heterocycles. The van der Waals surface area contributed by atoms with Crippen molar-refractivity contribution >= 4 is 28.4 Å². The van der Waals surface area contributed by atoms with Gasteiger partial charge in [0.15, 0.2) is 0 Å². The van der Waals surface area contributed by atoms with Crippen LogP contribution in [-0.4, -0.2) is 51.4 Å². The zero-order chi connectivity index (χ0) is 24.0. The number of benzene rings is 1. The molecule has 1 aromatic carbocycles. The van der Waals surface area contributed by atoms with Crippen LogP contribution in [0.4, 0.5) is 24.8 Å². The minimum Gasteiger partial charge on any atom is -0.363 e. The van der Waals surface area contributed by atoms with Gasteiger partial charge in [0, 0.05) is 43.0 Å². The molecule has 0 radical (unpaired) electrons. The number of aromatic nitrogens is 3. The van der Waals surface area contributed by atoms with Crippen molar-refractivity contribution in [2.24, 2.45) is 0 Å². The second-order valence-corrected chi connectivity index (χ2v) is 8.82. The van der Waals surface area contributed by atoms with Crippen molar-refractivity contribution in [3.8, 4) is 0 Å². The fraction of sp³-hybridized carbons (Fsp3) is 0.417. The monoisotopic (exact) mass is 470 g/mol. The maximum absolute atomic E-state index is 14.7. The number of aryl methyl sites for hydroxylation is 1. The number of carbonyl (C=O) groups is 1. The van der Waals surface area contributed by atoms with Gasteiger partial charge in [0.25, 0.3) is 6.43 Å². The number of nitrogens with zero attached hydrogens (tertiary/aromatic N) is 5. The molecular formula is C24H25F3N6O. The molecule has 2 fully saturated rings. The largest absolute Gasteiger partial charge is 0.363 e. The van der Waals surface area contributed by atoms with Crippen LogP contribution in [0, 0.1) is 12.7 Å². The van der Waals surface area contributed by atoms with Crippen LogP contribution in [-0.2, 0) is 4.79 Å². The zero-order valence-corrected chi connectivity index (χ0v) is 18.9. The summed E-state index contributed by atoms with van der Waals surface area (Å²) in [4.78, 5) is 29.7. The van der Waals surface area contributed by atoms with E-state index in [0.717, 1.165) is 18.3 Å². The summed E-state index contributed by atoms with van der Waals surface area (Å²) in [5.74, 6) is 1.04. The predicted octanol–water partition coefficient (Wildman–Crippen LogP) is 4.39. The van der Waals surface area contributed by atoms with E-state index in [0.29, 0.717) is 48.6 Å². The van der Waals surface area contributed by atoms with Crippen molar-refractivity contribution in [3.05, 3.63) is 53.2 Å². The Labute approximate surface area is 195 Å². The van der Waals surface area contributed by atoms with Crippen LogP contribution >= 0.6 is 0 Å². The highest BCUT2D eigenvalue weighted by atomic mass is 19.3. The average Bonchev–Trinajstić information content (AvgIpc) is 3.18. The van der Waals surface area contributed by atoms with Gasteiger partial charge in [-0.25, -0.2) is 28.1 Å². The Hall–Kier alpha value is -3.43. The van der Waals surface area contributed by atoms with Gasteiger partial charge in [0.1, 0.15) is 23.3 Å². The van der Waals surface area contributed by atoms with Crippen molar-refractivity contribution in [1.29, 1.82) is 0 Å². The van der Waals surface area contributed by atoms with Crippen molar-refractivity contribution in [3.63, 3.8) is 0 Å². The van der Waals surface area contributed by atoms with Crippen LogP contribution in [0.2, 0.25) is 0 Å². The average molecular weight is 470 g/mol. The van der Waals surface area contributed by atoms with Crippen molar-refractivity contribution in [2.75, 3.05) is 29.9 Å². The number of rotatable bonds is 5. The lowest BCUT2D eigenvalue weighted by Crippen LogP contribution is -2.51. The minimum atomic E-state index is -2.89. The highest BCUT2D eigenvalue weighted by Gasteiger charge is 2.36. The molecule has 2 aliphatic heterocycles. The lowest BCUT2D eigenvalue weighted by Gasteiger charge is -2.38. The Bertz CT molecular complexity index is 1250. The van der Waals surface area contributed by atoms with E-state index in [1.165, 1.54) is 12.1 Å². The number of nitrogens with one attached hydrogen (secondary N) is 1. The fourth-order valence-corrected chi connectivity index (χ4v) is 4.85. The molecule has 10 heteroatoms. The highest BCUT2D eigenvalue weighted by Crippen LogP contribution is 2.32. The SMILES string of the molecule is Cc1nc(NC(C)c2cccc(C(F)F)c2F)c2cc(N3CCN4C(=O)CCC4C3)ncc2n1. The van der Waals surface area contributed by atoms with Crippen LogP contribution in [0.1, 0.15) is 49.2 Å². The second kappa shape index (κ2) is 8.73. The van der Waals surface area contributed by atoms with Gasteiger partial charge in [0.05, 0.1) is 23.3 Å². The summed E-state index contributed by atoms with van der Waals surface area (Å²) in [7, 11) is 0. The third-order valence-corrected chi connectivity index (χ3v) is 6.61. The summed E-state index contributed by atoms with van der Waals surface area (Å²) in [6.45, 7) is 5.50. The van der Waals surface area contributed by atoms with Crippen LogP contribution in [0.25, 0.3) is 10.9 Å². The molecule has 2 aliphatic rings. The molecule has 0 aliphatic carbocycles. The molecule has 0 bridgehead atoms. The Kier molecular flexibility index (Phi) is 5.75. The zero-order valence-electron chi connectivity index (χ0n) is 18.9. The first-order valence-electron chi connectivity index (χ1n) is 11.3. The van der Waals surface area contributed by atoms with Gasteiger partial charge in [0.2, 0.25) is 5.91 Å². The third kappa shape index (κ3) is 4.01. The highest BCUT2D eigenvalue weighted by molar-refractivity contribution is 5.90. The molecule has 3 aromatic rings. The second-order valence-electron chi connectivity index (χ2n) is 8.82. The van der Waals surface area contributed by atoms with Gasteiger partial charge in [-0.1, -0.05) is 18.2 Å². The summed E-state index contributed by atoms with van der Waals surface area (Å²) in [6, 6.07) is 5.48. The van der Waals surface area contributed by atoms with Crippen LogP contribution in [0.3, 0.4) is 0 Å². The third-order valence-electron chi connectivity index (χ3n) is 6.61. The normalized spacial score (nSPS) is 19.1. The van der Waals surface area contributed by atoms with Crippen molar-refractivity contribution in [2.45, 2.75) is 45.2 Å². The number of amides is 1. The van der Waals surface area contributed by atoms with E-state index >= 15 is 0 Å². The van der Waals surface area contributed by atoms with E-state index in [1.807, 2.05) is 11.0 Å². The molecule has 7 nitrogen and oxygen atoms in total. The summed E-state index contributed by atoms with van der Waals surface area (Å²) in [5.41, 5.74) is 0.145. The molecule has 2 atom stereocenters. The number of piperazine rings is 1. The Balaban J connectivity index is 1.46. The van der Waals surface area contributed by atoms with Gasteiger partial charge in [-0.3, -0.25) is 4.79 Å². The summed E-state index contributed by atoms with van der Waals surface area (Å²) >= 11 is 0. The van der Waals surface area contributed by atoms with Gasteiger partial charge in [-0.15, -0.1) is 0 Å². The Morgan fingerprint density at radius 3 is 2.76 bits per heavy atom. The van der Waals surface area contributed by atoms with Crippen LogP contribution in [0.15, 0.2) is 30.5 Å². The maximum Gasteiger partial charge on any atom is 0.266 e. The molecule has 178 valence electrons. The quantitative estimate of drug-likeness (QED) is 0.596. The molecule has 1 amide bonds. The van der Waals surface area contributed by atoms with E-state index in [1.54, 1.807) is 20.0 Å². The molecule has 2 unspecified atom stereocenters. The Morgan fingerprint density at radius 1 is 1.18 bits per heavy atom. The molecular weight excluding hydrogens is 445 g/mol. The fourth-order valence-electron chi connectivity index (χ4n) is 4.85. The molecule has 0 spiro atoms. The van der Waals surface area contributed by atoms with E-state index in [2.05, 4.69) is 25.2 Å². The predicted molar refractivity (Wildman–Crippen MR) is 122 cm³/mol. The van der Waals surface area contributed by atoms with E-state index in [4.69, 9.17) is 0 Å². The van der Waals surface area contributed by atoms with E-state index in [9.17, 15) is 18.0 Å². The molecule has 1 N–H and O–H groups in total. The van der Waals surface area contributed by atoms with Crippen LogP contribution in [0.5, 0.6) is 0 Å². The van der Waals surface area contributed by atoms with Gasteiger partial charge in [-0.2, -0.15) is 0 Å². The standard InChI is InChI=1S/C24H25F3N6O/c1-13(16-4-3-5-17(22(16)25)23(26)27)29-24-18-10-20(28-11-19(18)30-14(2)31-24)32-8-9-33-15(12-32)6-7-21(33)34/h3-5,10-11,13,15,23H,6-9,12H2,1-2H3,(H,29,30,31). The number of halogens is 3. The first kappa shape index (κ1) is 22.4. The molecule has 2 saturated heterocycles. The molecule has 34 heavy (non-hydrogen) atoms. The summed E-state index contributed by atoms with van der Waals surface area (Å²) in [6.07, 6.45) is 0.225. The van der Waals surface area contributed by atoms with Gasteiger partial charge >= 0.3 is 0 Å². The number of anilines is 2. The number of fused-ring (bicyclic) bond motifs is 2. The number of hydrogen-bond acceptors (Lipinski definition) is 6. The number of pyridine rings is 1. The number of hydrogen-bond donors (Lipinski definition) is 1. The first-order chi connectivity index (χ1) is 16.3. The summed E-state index contributed by atoms with van der Waals surface area (Å²) in [5, 5.41) is 3.89. The van der Waals surface area contributed by atoms with Crippen LogP contribution < -0.4 is 10.2 Å². The lowest BCUT2D eigenvalue weighted by molar-refractivity contribution is -0.129. The van der Waals surface area contributed by atoms with Gasteiger partial charge < -0.3 is 15.1 Å². The summed E-state index contributed by atoms with van der Waals surface area (Å²) < 4.78 is 41.1.